The summed E-state index contributed by atoms with van der Waals surface area (Å²) in [6.45, 7) is 6.45. The van der Waals surface area contributed by atoms with Crippen LogP contribution in [0.5, 0.6) is 0 Å². The number of hydrogen-bond donors (Lipinski definition) is 2. The van der Waals surface area contributed by atoms with Gasteiger partial charge in [0, 0.05) is 20.0 Å². The van der Waals surface area contributed by atoms with Gasteiger partial charge in [0.25, 0.3) is 5.91 Å². The second kappa shape index (κ2) is 9.47. The van der Waals surface area contributed by atoms with Crippen LogP contribution in [0.2, 0.25) is 0 Å². The summed E-state index contributed by atoms with van der Waals surface area (Å²) in [7, 11) is 0. The van der Waals surface area contributed by atoms with E-state index in [0.717, 1.165) is 28.8 Å². The van der Waals surface area contributed by atoms with E-state index in [9.17, 15) is 14.7 Å². The summed E-state index contributed by atoms with van der Waals surface area (Å²) in [6.07, 6.45) is 4.74. The van der Waals surface area contributed by atoms with Crippen LogP contribution < -0.4 is 5.32 Å². The minimum absolute atomic E-state index is 0.0332. The molecule has 10 heteroatoms. The fourth-order valence-corrected chi connectivity index (χ4v) is 5.28. The highest BCUT2D eigenvalue weighted by Gasteiger charge is 2.29. The molecule has 1 aliphatic heterocycles. The Hall–Kier alpha value is -3.76. The van der Waals surface area contributed by atoms with Crippen LogP contribution in [0.4, 0.5) is 5.95 Å². The van der Waals surface area contributed by atoms with E-state index in [1.165, 1.54) is 17.4 Å². The molecule has 1 aliphatic rings. The molecule has 4 heterocycles. The number of aromatic nitrogens is 3. The molecule has 0 radical (unpaired) electrons. The first kappa shape index (κ1) is 23.0. The number of aliphatic hydroxyl groups is 1. The Labute approximate surface area is 205 Å². The summed E-state index contributed by atoms with van der Waals surface area (Å²) in [5, 5.41) is 12.5. The number of hydrogen-bond acceptors (Lipinski definition) is 7. The van der Waals surface area contributed by atoms with Crippen molar-refractivity contribution in [1.29, 1.82) is 0 Å². The Morgan fingerprint density at radius 1 is 1.34 bits per heavy atom. The fourth-order valence-electron chi connectivity index (χ4n) is 4.43. The van der Waals surface area contributed by atoms with Crippen molar-refractivity contribution >= 4 is 40.1 Å². The molecule has 2 N–H and O–H groups in total. The third-order valence-electron chi connectivity index (χ3n) is 6.14. The Morgan fingerprint density at radius 2 is 2.20 bits per heavy atom. The first-order chi connectivity index (χ1) is 17.0. The SMILES string of the molecule is C=CC(=O)N1CCCC1Cn1c(NC(=O)c2ccc(-c3cnc(C)o3)s2)nc2cc(CO)ccc21. The number of thiophene rings is 1. The lowest BCUT2D eigenvalue weighted by atomic mass is 10.2. The maximum atomic E-state index is 13.2. The van der Waals surface area contributed by atoms with Gasteiger partial charge >= 0.3 is 0 Å². The predicted molar refractivity (Wildman–Crippen MR) is 133 cm³/mol. The van der Waals surface area contributed by atoms with Crippen LogP contribution in [0.3, 0.4) is 0 Å². The number of oxazole rings is 1. The van der Waals surface area contributed by atoms with Gasteiger partial charge in [-0.25, -0.2) is 9.97 Å². The number of imidazole rings is 1. The Balaban J connectivity index is 1.46. The molecule has 1 fully saturated rings. The Bertz CT molecular complexity index is 1420. The second-order valence-corrected chi connectivity index (χ2v) is 9.50. The first-order valence-corrected chi connectivity index (χ1v) is 12.2. The van der Waals surface area contributed by atoms with E-state index >= 15 is 0 Å². The quantitative estimate of drug-likeness (QED) is 0.378. The lowest BCUT2D eigenvalue weighted by Crippen LogP contribution is -2.37. The van der Waals surface area contributed by atoms with Gasteiger partial charge < -0.3 is 19.0 Å². The van der Waals surface area contributed by atoms with Crippen molar-refractivity contribution in [2.75, 3.05) is 11.9 Å². The number of aliphatic hydroxyl groups excluding tert-OH is 1. The number of fused-ring (bicyclic) bond motifs is 1. The molecule has 0 spiro atoms. The monoisotopic (exact) mass is 491 g/mol. The van der Waals surface area contributed by atoms with Gasteiger partial charge in [0.05, 0.1) is 39.6 Å². The molecule has 0 bridgehead atoms. The number of amides is 2. The predicted octanol–water partition coefficient (Wildman–Crippen LogP) is 3.98. The number of carbonyl (C=O) groups is 2. The van der Waals surface area contributed by atoms with E-state index in [1.807, 2.05) is 27.7 Å². The number of nitrogens with zero attached hydrogens (tertiary/aromatic N) is 4. The maximum absolute atomic E-state index is 13.2. The van der Waals surface area contributed by atoms with Crippen molar-refractivity contribution < 1.29 is 19.1 Å². The van der Waals surface area contributed by atoms with Crippen LogP contribution >= 0.6 is 11.3 Å². The Morgan fingerprint density at radius 3 is 2.94 bits per heavy atom. The average molecular weight is 492 g/mol. The smallest absolute Gasteiger partial charge is 0.268 e. The lowest BCUT2D eigenvalue weighted by Gasteiger charge is -2.24. The summed E-state index contributed by atoms with van der Waals surface area (Å²) < 4.78 is 7.50. The first-order valence-electron chi connectivity index (χ1n) is 11.3. The minimum Gasteiger partial charge on any atom is -0.440 e. The molecule has 1 saturated heterocycles. The molecule has 0 saturated carbocycles. The van der Waals surface area contributed by atoms with Gasteiger partial charge in [0.1, 0.15) is 0 Å². The minimum atomic E-state index is -0.290. The number of anilines is 1. The van der Waals surface area contributed by atoms with Crippen LogP contribution in [0.25, 0.3) is 21.7 Å². The summed E-state index contributed by atoms with van der Waals surface area (Å²) in [6, 6.07) is 9.05. The molecule has 2 amide bonds. The molecular formula is C25H25N5O4S. The molecule has 1 aromatic carbocycles. The van der Waals surface area contributed by atoms with Crippen molar-refractivity contribution in [2.24, 2.45) is 0 Å². The zero-order valence-corrected chi connectivity index (χ0v) is 20.0. The van der Waals surface area contributed by atoms with Crippen LogP contribution in [0, 0.1) is 6.92 Å². The van der Waals surface area contributed by atoms with Gasteiger partial charge in [-0.3, -0.25) is 14.9 Å². The number of rotatable bonds is 7. The van der Waals surface area contributed by atoms with Gasteiger partial charge in [-0.2, -0.15) is 0 Å². The van der Waals surface area contributed by atoms with Crippen LogP contribution in [-0.2, 0) is 17.9 Å². The number of benzene rings is 1. The van der Waals surface area contributed by atoms with E-state index in [-0.39, 0.29) is 24.5 Å². The van der Waals surface area contributed by atoms with Crippen LogP contribution in [-0.4, -0.2) is 48.9 Å². The van der Waals surface area contributed by atoms with Crippen LogP contribution in [0.15, 0.2) is 53.6 Å². The molecule has 1 unspecified atom stereocenters. The number of aryl methyl sites for hydroxylation is 1. The molecular weight excluding hydrogens is 466 g/mol. The molecule has 180 valence electrons. The van der Waals surface area contributed by atoms with Gasteiger partial charge in [-0.1, -0.05) is 12.6 Å². The van der Waals surface area contributed by atoms with Gasteiger partial charge in [0.2, 0.25) is 11.9 Å². The third kappa shape index (κ3) is 4.50. The van der Waals surface area contributed by atoms with Crippen LogP contribution in [0.1, 0.15) is 34.0 Å². The standard InChI is InChI=1S/C25H25N5O4S/c1-3-23(32)29-10-4-5-17(29)13-30-19-7-6-16(14-31)11-18(19)27-25(30)28-24(33)22-9-8-21(35-22)20-12-26-15(2)34-20/h3,6-9,11-12,17,31H,1,4-5,10,13-14H2,2H3,(H,27,28,33). The van der Waals surface area contributed by atoms with E-state index < -0.39 is 0 Å². The van der Waals surface area contributed by atoms with Gasteiger partial charge in [0.15, 0.2) is 11.7 Å². The van der Waals surface area contributed by atoms with E-state index in [2.05, 4.69) is 21.9 Å². The van der Waals surface area contributed by atoms with Gasteiger partial charge in [-0.05, 0) is 48.7 Å². The van der Waals surface area contributed by atoms with Crippen molar-refractivity contribution in [1.82, 2.24) is 19.4 Å². The highest BCUT2D eigenvalue weighted by molar-refractivity contribution is 7.17. The fraction of sp³-hybridized carbons (Fsp3) is 0.280. The molecule has 3 aromatic heterocycles. The summed E-state index contributed by atoms with van der Waals surface area (Å²) in [4.78, 5) is 37.4. The number of nitrogens with one attached hydrogen (secondary N) is 1. The van der Waals surface area contributed by atoms with Crippen molar-refractivity contribution in [3.63, 3.8) is 0 Å². The molecule has 5 rings (SSSR count). The maximum Gasteiger partial charge on any atom is 0.268 e. The van der Waals surface area contributed by atoms with Crippen molar-refractivity contribution in [3.05, 3.63) is 65.5 Å². The summed E-state index contributed by atoms with van der Waals surface area (Å²) >= 11 is 1.31. The molecule has 0 aliphatic carbocycles. The summed E-state index contributed by atoms with van der Waals surface area (Å²) in [5.74, 6) is 1.18. The lowest BCUT2D eigenvalue weighted by molar-refractivity contribution is -0.126. The number of carbonyl (C=O) groups excluding carboxylic acids is 2. The van der Waals surface area contributed by atoms with Gasteiger partial charge in [-0.15, -0.1) is 11.3 Å². The van der Waals surface area contributed by atoms with E-state index in [4.69, 9.17) is 4.42 Å². The largest absolute Gasteiger partial charge is 0.440 e. The molecule has 35 heavy (non-hydrogen) atoms. The Kier molecular flexibility index (Phi) is 6.23. The molecule has 4 aromatic rings. The third-order valence-corrected chi connectivity index (χ3v) is 7.24. The second-order valence-electron chi connectivity index (χ2n) is 8.42. The highest BCUT2D eigenvalue weighted by atomic mass is 32.1. The number of likely N-dealkylation sites (tertiary alicyclic amines) is 1. The topological polar surface area (TPSA) is 113 Å². The normalized spacial score (nSPS) is 15.6. The van der Waals surface area contributed by atoms with E-state index in [0.29, 0.717) is 41.1 Å². The highest BCUT2D eigenvalue weighted by Crippen LogP contribution is 2.30. The zero-order chi connectivity index (χ0) is 24.5. The zero-order valence-electron chi connectivity index (χ0n) is 19.2. The van der Waals surface area contributed by atoms with Crippen molar-refractivity contribution in [2.45, 2.75) is 39.0 Å². The van der Waals surface area contributed by atoms with E-state index in [1.54, 1.807) is 25.3 Å². The van der Waals surface area contributed by atoms with Crippen molar-refractivity contribution in [3.8, 4) is 10.6 Å². The summed E-state index contributed by atoms with van der Waals surface area (Å²) in [5.41, 5.74) is 2.21. The molecule has 9 nitrogen and oxygen atoms in total. The average Bonchev–Trinajstić information content (AvgIpc) is 3.65. The molecule has 1 atom stereocenters.